The molecule has 3 rings (SSSR count). The van der Waals surface area contributed by atoms with Crippen LogP contribution in [-0.2, 0) is 6.42 Å². The largest absolute Gasteiger partial charge is 0.446 e. The van der Waals surface area contributed by atoms with Crippen LogP contribution in [0.1, 0.15) is 11.3 Å². The molecule has 0 bridgehead atoms. The summed E-state index contributed by atoms with van der Waals surface area (Å²) in [6.45, 7) is 0. The van der Waals surface area contributed by atoms with Crippen LogP contribution in [0.5, 0.6) is 0 Å². The van der Waals surface area contributed by atoms with E-state index >= 15 is 0 Å². The standard InChI is InChI=1S/C12H11N5O/c13-10-9-7(5-8-3-1-2-4-15-8)6-18-11(9)17-12(14)16-10/h1-4,6H,5H2,(H4,13,14,16,17). The molecule has 0 aliphatic carbocycles. The fourth-order valence-corrected chi connectivity index (χ4v) is 1.87. The molecule has 0 fully saturated rings. The zero-order valence-corrected chi connectivity index (χ0v) is 9.50. The SMILES string of the molecule is Nc1nc(N)c2c(Cc3ccccn3)coc2n1. The third-order valence-electron chi connectivity index (χ3n) is 2.65. The highest BCUT2D eigenvalue weighted by atomic mass is 16.3. The number of hydrogen-bond acceptors (Lipinski definition) is 6. The molecular formula is C12H11N5O. The topological polar surface area (TPSA) is 104 Å². The van der Waals surface area contributed by atoms with Crippen LogP contribution in [0.15, 0.2) is 35.1 Å². The van der Waals surface area contributed by atoms with Crippen molar-refractivity contribution in [2.75, 3.05) is 11.5 Å². The Bertz CT molecular complexity index is 692. The van der Waals surface area contributed by atoms with Crippen LogP contribution in [0.25, 0.3) is 11.1 Å². The summed E-state index contributed by atoms with van der Waals surface area (Å²) < 4.78 is 5.34. The predicted molar refractivity (Wildman–Crippen MR) is 67.7 cm³/mol. The normalized spacial score (nSPS) is 10.9. The molecule has 0 unspecified atom stereocenters. The molecule has 3 aromatic rings. The predicted octanol–water partition coefficient (Wildman–Crippen LogP) is 1.37. The van der Waals surface area contributed by atoms with Crippen molar-refractivity contribution < 1.29 is 4.42 Å². The lowest BCUT2D eigenvalue weighted by atomic mass is 10.1. The molecule has 0 saturated carbocycles. The fourth-order valence-electron chi connectivity index (χ4n) is 1.87. The summed E-state index contributed by atoms with van der Waals surface area (Å²) >= 11 is 0. The zero-order valence-electron chi connectivity index (χ0n) is 9.50. The van der Waals surface area contributed by atoms with E-state index in [9.17, 15) is 0 Å². The Balaban J connectivity index is 2.08. The number of hydrogen-bond donors (Lipinski definition) is 2. The minimum atomic E-state index is 0.110. The van der Waals surface area contributed by atoms with Gasteiger partial charge < -0.3 is 15.9 Å². The van der Waals surface area contributed by atoms with Gasteiger partial charge >= 0.3 is 0 Å². The maximum atomic E-state index is 5.84. The minimum absolute atomic E-state index is 0.110. The summed E-state index contributed by atoms with van der Waals surface area (Å²) in [7, 11) is 0. The van der Waals surface area contributed by atoms with Crippen LogP contribution in [0.2, 0.25) is 0 Å². The van der Waals surface area contributed by atoms with E-state index in [0.29, 0.717) is 23.3 Å². The van der Waals surface area contributed by atoms with Crippen molar-refractivity contribution in [1.29, 1.82) is 0 Å². The summed E-state index contributed by atoms with van der Waals surface area (Å²) in [6, 6.07) is 5.74. The first-order chi connectivity index (χ1) is 8.74. The van der Waals surface area contributed by atoms with Gasteiger partial charge in [0, 0.05) is 23.9 Å². The molecule has 0 aliphatic heterocycles. The molecule has 0 atom stereocenters. The second kappa shape index (κ2) is 3.99. The summed E-state index contributed by atoms with van der Waals surface area (Å²) in [5.74, 6) is 0.441. The summed E-state index contributed by atoms with van der Waals surface area (Å²) in [4.78, 5) is 12.2. The highest BCUT2D eigenvalue weighted by Crippen LogP contribution is 2.26. The number of nitrogen functional groups attached to an aromatic ring is 2. The second-order valence-electron chi connectivity index (χ2n) is 3.91. The quantitative estimate of drug-likeness (QED) is 0.702. The van der Waals surface area contributed by atoms with Gasteiger partial charge in [-0.1, -0.05) is 6.07 Å². The monoisotopic (exact) mass is 241 g/mol. The third kappa shape index (κ3) is 1.73. The number of pyridine rings is 1. The van der Waals surface area contributed by atoms with Crippen LogP contribution in [0.3, 0.4) is 0 Å². The number of rotatable bonds is 2. The van der Waals surface area contributed by atoms with E-state index in [4.69, 9.17) is 15.9 Å². The van der Waals surface area contributed by atoms with Gasteiger partial charge in [0.2, 0.25) is 11.7 Å². The van der Waals surface area contributed by atoms with Gasteiger partial charge in [-0.25, -0.2) is 0 Å². The van der Waals surface area contributed by atoms with Crippen LogP contribution in [-0.4, -0.2) is 15.0 Å². The van der Waals surface area contributed by atoms with Gasteiger partial charge in [0.15, 0.2) is 0 Å². The van der Waals surface area contributed by atoms with Crippen LogP contribution in [0, 0.1) is 0 Å². The number of nitrogens with two attached hydrogens (primary N) is 2. The first-order valence-electron chi connectivity index (χ1n) is 5.43. The lowest BCUT2D eigenvalue weighted by molar-refractivity contribution is 0.599. The molecule has 18 heavy (non-hydrogen) atoms. The van der Waals surface area contributed by atoms with Gasteiger partial charge in [-0.05, 0) is 12.1 Å². The Hall–Kier alpha value is -2.63. The van der Waals surface area contributed by atoms with Crippen molar-refractivity contribution >= 4 is 22.9 Å². The fraction of sp³-hybridized carbons (Fsp3) is 0.0833. The number of anilines is 2. The Kier molecular flexibility index (Phi) is 2.33. The molecule has 3 aromatic heterocycles. The van der Waals surface area contributed by atoms with Crippen molar-refractivity contribution in [3.8, 4) is 0 Å². The van der Waals surface area contributed by atoms with E-state index in [0.717, 1.165) is 11.3 Å². The average molecular weight is 241 g/mol. The molecule has 0 aromatic carbocycles. The van der Waals surface area contributed by atoms with Gasteiger partial charge in [-0.15, -0.1) is 0 Å². The molecule has 0 amide bonds. The minimum Gasteiger partial charge on any atom is -0.446 e. The molecule has 6 heteroatoms. The summed E-state index contributed by atoms with van der Waals surface area (Å²) in [5, 5.41) is 0.704. The van der Waals surface area contributed by atoms with E-state index in [1.54, 1.807) is 12.5 Å². The molecule has 0 radical (unpaired) electrons. The summed E-state index contributed by atoms with van der Waals surface area (Å²) in [5.41, 5.74) is 13.6. The average Bonchev–Trinajstić information content (AvgIpc) is 2.73. The first kappa shape index (κ1) is 10.5. The molecule has 90 valence electrons. The second-order valence-corrected chi connectivity index (χ2v) is 3.91. The van der Waals surface area contributed by atoms with Crippen LogP contribution < -0.4 is 11.5 Å². The lowest BCUT2D eigenvalue weighted by Gasteiger charge is -2.00. The lowest BCUT2D eigenvalue weighted by Crippen LogP contribution is -2.00. The van der Waals surface area contributed by atoms with E-state index in [1.807, 2.05) is 18.2 Å². The smallest absolute Gasteiger partial charge is 0.233 e. The third-order valence-corrected chi connectivity index (χ3v) is 2.65. The van der Waals surface area contributed by atoms with Crippen molar-refractivity contribution in [3.05, 3.63) is 41.9 Å². The molecule has 0 aliphatic rings. The van der Waals surface area contributed by atoms with E-state index in [-0.39, 0.29) is 5.95 Å². The Labute approximate surface area is 103 Å². The zero-order chi connectivity index (χ0) is 12.5. The van der Waals surface area contributed by atoms with E-state index in [2.05, 4.69) is 15.0 Å². The maximum Gasteiger partial charge on any atom is 0.233 e. The van der Waals surface area contributed by atoms with Crippen molar-refractivity contribution in [1.82, 2.24) is 15.0 Å². The Morgan fingerprint density at radius 1 is 1.17 bits per heavy atom. The molecule has 6 nitrogen and oxygen atoms in total. The van der Waals surface area contributed by atoms with E-state index in [1.165, 1.54) is 0 Å². The molecule has 4 N–H and O–H groups in total. The maximum absolute atomic E-state index is 5.84. The molecule has 0 saturated heterocycles. The summed E-state index contributed by atoms with van der Waals surface area (Å²) in [6.07, 6.45) is 3.98. The van der Waals surface area contributed by atoms with Gasteiger partial charge in [0.25, 0.3) is 0 Å². The first-order valence-corrected chi connectivity index (χ1v) is 5.43. The van der Waals surface area contributed by atoms with Crippen LogP contribution in [0.4, 0.5) is 11.8 Å². The van der Waals surface area contributed by atoms with E-state index < -0.39 is 0 Å². The Morgan fingerprint density at radius 2 is 2.06 bits per heavy atom. The number of furan rings is 1. The molecule has 0 spiro atoms. The molecular weight excluding hydrogens is 230 g/mol. The highest BCUT2D eigenvalue weighted by Gasteiger charge is 2.13. The van der Waals surface area contributed by atoms with Crippen LogP contribution >= 0.6 is 0 Å². The number of nitrogens with zero attached hydrogens (tertiary/aromatic N) is 3. The van der Waals surface area contributed by atoms with Gasteiger partial charge in [-0.2, -0.15) is 9.97 Å². The van der Waals surface area contributed by atoms with Crippen molar-refractivity contribution in [2.45, 2.75) is 6.42 Å². The van der Waals surface area contributed by atoms with Gasteiger partial charge in [-0.3, -0.25) is 4.98 Å². The van der Waals surface area contributed by atoms with Gasteiger partial charge in [0.05, 0.1) is 11.6 Å². The van der Waals surface area contributed by atoms with Crippen molar-refractivity contribution in [2.24, 2.45) is 0 Å². The molecule has 3 heterocycles. The highest BCUT2D eigenvalue weighted by molar-refractivity contribution is 5.88. The van der Waals surface area contributed by atoms with Gasteiger partial charge in [0.1, 0.15) is 5.82 Å². The number of aromatic nitrogens is 3. The van der Waals surface area contributed by atoms with Crippen molar-refractivity contribution in [3.63, 3.8) is 0 Å². The number of fused-ring (bicyclic) bond motifs is 1. The Morgan fingerprint density at radius 3 is 2.83 bits per heavy atom.